The van der Waals surface area contributed by atoms with Crippen molar-refractivity contribution >= 4 is 5.69 Å². The maximum atomic E-state index is 14.2. The first-order valence-electron chi connectivity index (χ1n) is 7.03. The van der Waals surface area contributed by atoms with Gasteiger partial charge in [-0.25, -0.2) is 8.78 Å². The van der Waals surface area contributed by atoms with Crippen molar-refractivity contribution in [3.8, 4) is 0 Å². The molecule has 1 fully saturated rings. The predicted octanol–water partition coefficient (Wildman–Crippen LogP) is 1.99. The molecule has 3 nitrogen and oxygen atoms in total. The van der Waals surface area contributed by atoms with Crippen molar-refractivity contribution in [2.24, 2.45) is 5.73 Å². The summed E-state index contributed by atoms with van der Waals surface area (Å²) in [5.41, 5.74) is 6.39. The fourth-order valence-electron chi connectivity index (χ4n) is 2.78. The normalized spacial score (nSPS) is 20.8. The molecule has 0 aliphatic carbocycles. The van der Waals surface area contributed by atoms with E-state index in [1.165, 1.54) is 12.1 Å². The third-order valence-corrected chi connectivity index (χ3v) is 3.84. The highest BCUT2D eigenvalue weighted by atomic mass is 19.1. The van der Waals surface area contributed by atoms with Gasteiger partial charge in [0.15, 0.2) is 0 Å². The smallest absolute Gasteiger partial charge is 0.149 e. The predicted molar refractivity (Wildman–Crippen MR) is 78.0 cm³/mol. The Hall–Kier alpha value is -1.20. The Bertz CT molecular complexity index is 451. The van der Waals surface area contributed by atoms with Gasteiger partial charge in [-0.15, -0.1) is 0 Å². The first-order chi connectivity index (χ1) is 9.38. The van der Waals surface area contributed by atoms with Gasteiger partial charge in [0.2, 0.25) is 0 Å². The van der Waals surface area contributed by atoms with Crippen LogP contribution in [-0.4, -0.2) is 44.2 Å². The Kier molecular flexibility index (Phi) is 4.60. The average Bonchev–Trinajstić information content (AvgIpc) is 2.76. The minimum absolute atomic E-state index is 0.0998. The Morgan fingerprint density at radius 3 is 2.40 bits per heavy atom. The minimum atomic E-state index is -0.486. The Morgan fingerprint density at radius 1 is 1.35 bits per heavy atom. The van der Waals surface area contributed by atoms with Crippen LogP contribution in [0, 0.1) is 11.6 Å². The molecule has 1 saturated heterocycles. The molecule has 1 aliphatic rings. The van der Waals surface area contributed by atoms with E-state index >= 15 is 0 Å². The van der Waals surface area contributed by atoms with E-state index in [1.807, 2.05) is 21.0 Å². The van der Waals surface area contributed by atoms with Gasteiger partial charge >= 0.3 is 0 Å². The zero-order chi connectivity index (χ0) is 14.9. The summed E-state index contributed by atoms with van der Waals surface area (Å²) < 4.78 is 28.4. The number of nitrogens with zero attached hydrogens (tertiary/aromatic N) is 2. The molecular formula is C15H23F2N3. The monoisotopic (exact) mass is 283 g/mol. The van der Waals surface area contributed by atoms with E-state index in [-0.39, 0.29) is 11.7 Å². The van der Waals surface area contributed by atoms with Gasteiger partial charge in [-0.3, -0.25) is 0 Å². The van der Waals surface area contributed by atoms with Crippen molar-refractivity contribution in [1.82, 2.24) is 4.90 Å². The summed E-state index contributed by atoms with van der Waals surface area (Å²) in [5.74, 6) is -0.972. The molecule has 0 radical (unpaired) electrons. The molecule has 20 heavy (non-hydrogen) atoms. The molecule has 0 saturated carbocycles. The number of hydrogen-bond donors (Lipinski definition) is 1. The van der Waals surface area contributed by atoms with Gasteiger partial charge in [0.1, 0.15) is 17.3 Å². The number of hydrogen-bond acceptors (Lipinski definition) is 3. The molecule has 1 aliphatic heterocycles. The third kappa shape index (κ3) is 3.27. The van der Waals surface area contributed by atoms with Gasteiger partial charge in [-0.05, 0) is 51.6 Å². The summed E-state index contributed by atoms with van der Waals surface area (Å²) in [6, 6.07) is 3.05. The molecule has 2 atom stereocenters. The first-order valence-corrected chi connectivity index (χ1v) is 7.03. The lowest BCUT2D eigenvalue weighted by Gasteiger charge is -2.23. The number of likely N-dealkylation sites (N-methyl/N-ethyl adjacent to an activating group) is 1. The van der Waals surface area contributed by atoms with E-state index < -0.39 is 11.6 Å². The quantitative estimate of drug-likeness (QED) is 0.917. The van der Waals surface area contributed by atoms with Gasteiger partial charge in [0, 0.05) is 25.2 Å². The van der Waals surface area contributed by atoms with E-state index in [9.17, 15) is 8.78 Å². The van der Waals surface area contributed by atoms with Crippen LogP contribution in [0.15, 0.2) is 12.1 Å². The molecule has 1 heterocycles. The second-order valence-electron chi connectivity index (χ2n) is 5.94. The van der Waals surface area contributed by atoms with Crippen LogP contribution >= 0.6 is 0 Å². The van der Waals surface area contributed by atoms with E-state index in [2.05, 4.69) is 4.90 Å². The Balaban J connectivity index is 2.21. The molecule has 0 aromatic heterocycles. The molecule has 2 rings (SSSR count). The van der Waals surface area contributed by atoms with Crippen LogP contribution in [0.4, 0.5) is 14.5 Å². The van der Waals surface area contributed by atoms with Crippen molar-refractivity contribution in [3.05, 3.63) is 29.3 Å². The summed E-state index contributed by atoms with van der Waals surface area (Å²) in [6.45, 7) is 3.17. The Labute approximate surface area is 119 Å². The molecular weight excluding hydrogens is 260 g/mol. The van der Waals surface area contributed by atoms with Crippen molar-refractivity contribution in [2.75, 3.05) is 32.1 Å². The van der Waals surface area contributed by atoms with E-state index in [4.69, 9.17) is 5.73 Å². The molecule has 5 heteroatoms. The summed E-state index contributed by atoms with van der Waals surface area (Å²) in [4.78, 5) is 3.89. The van der Waals surface area contributed by atoms with Crippen molar-refractivity contribution in [2.45, 2.75) is 31.8 Å². The molecule has 0 bridgehead atoms. The van der Waals surface area contributed by atoms with Gasteiger partial charge in [-0.2, -0.15) is 0 Å². The van der Waals surface area contributed by atoms with Crippen LogP contribution in [0.2, 0.25) is 0 Å². The summed E-state index contributed by atoms with van der Waals surface area (Å²) >= 11 is 0. The topological polar surface area (TPSA) is 32.5 Å². The number of anilines is 1. The van der Waals surface area contributed by atoms with Crippen LogP contribution in [0.1, 0.15) is 18.9 Å². The van der Waals surface area contributed by atoms with Crippen LogP contribution in [-0.2, 0) is 6.42 Å². The molecule has 2 unspecified atom stereocenters. The summed E-state index contributed by atoms with van der Waals surface area (Å²) in [6.07, 6.45) is 1.40. The second-order valence-corrected chi connectivity index (χ2v) is 5.94. The van der Waals surface area contributed by atoms with Crippen LogP contribution in [0.25, 0.3) is 0 Å². The maximum Gasteiger partial charge on any atom is 0.149 e. The van der Waals surface area contributed by atoms with Crippen molar-refractivity contribution < 1.29 is 8.78 Å². The molecule has 112 valence electrons. The lowest BCUT2D eigenvalue weighted by Crippen LogP contribution is -2.32. The highest BCUT2D eigenvalue weighted by Gasteiger charge is 2.28. The summed E-state index contributed by atoms with van der Waals surface area (Å²) in [5, 5.41) is 0. The fourth-order valence-corrected chi connectivity index (χ4v) is 2.78. The highest BCUT2D eigenvalue weighted by molar-refractivity contribution is 5.52. The highest BCUT2D eigenvalue weighted by Crippen LogP contribution is 2.29. The molecule has 0 spiro atoms. The van der Waals surface area contributed by atoms with Crippen LogP contribution in [0.5, 0.6) is 0 Å². The van der Waals surface area contributed by atoms with E-state index in [0.717, 1.165) is 6.42 Å². The van der Waals surface area contributed by atoms with E-state index in [1.54, 1.807) is 4.90 Å². The fraction of sp³-hybridized carbons (Fsp3) is 0.600. The number of rotatable bonds is 4. The van der Waals surface area contributed by atoms with Crippen molar-refractivity contribution in [1.29, 1.82) is 0 Å². The van der Waals surface area contributed by atoms with Gasteiger partial charge in [0.25, 0.3) is 0 Å². The third-order valence-electron chi connectivity index (χ3n) is 3.84. The van der Waals surface area contributed by atoms with Gasteiger partial charge < -0.3 is 15.5 Å². The number of halogens is 2. The standard InChI is InChI=1S/C15H23F2N3/c1-10(18)6-11-7-13(16)15(14(17)8-11)20-5-4-12(9-20)19(2)3/h7-8,10,12H,4-6,9,18H2,1-3H3. The zero-order valence-corrected chi connectivity index (χ0v) is 12.4. The zero-order valence-electron chi connectivity index (χ0n) is 12.4. The number of nitrogens with two attached hydrogens (primary N) is 1. The number of benzene rings is 1. The molecule has 2 N–H and O–H groups in total. The summed E-state index contributed by atoms with van der Waals surface area (Å²) in [7, 11) is 3.99. The lowest BCUT2D eigenvalue weighted by atomic mass is 10.1. The van der Waals surface area contributed by atoms with Gasteiger partial charge in [-0.1, -0.05) is 0 Å². The maximum absolute atomic E-state index is 14.2. The van der Waals surface area contributed by atoms with E-state index in [0.29, 0.717) is 31.1 Å². The van der Waals surface area contributed by atoms with Crippen LogP contribution in [0.3, 0.4) is 0 Å². The molecule has 0 amide bonds. The lowest BCUT2D eigenvalue weighted by molar-refractivity contribution is 0.315. The van der Waals surface area contributed by atoms with Crippen molar-refractivity contribution in [3.63, 3.8) is 0 Å². The Morgan fingerprint density at radius 2 is 1.95 bits per heavy atom. The largest absolute Gasteiger partial charge is 0.365 e. The van der Waals surface area contributed by atoms with Gasteiger partial charge in [0.05, 0.1) is 0 Å². The van der Waals surface area contributed by atoms with Crippen LogP contribution < -0.4 is 10.6 Å². The SMILES string of the molecule is CC(N)Cc1cc(F)c(N2CCC(N(C)C)C2)c(F)c1. The molecule has 1 aromatic rings. The average molecular weight is 283 g/mol. The molecule has 1 aromatic carbocycles. The minimum Gasteiger partial charge on any atom is -0.365 e. The first kappa shape index (κ1) is 15.2. The second kappa shape index (κ2) is 6.06.